The average Bonchev–Trinajstić information content (AvgIpc) is 2.92. The van der Waals surface area contributed by atoms with Crippen molar-refractivity contribution in [2.45, 2.75) is 13.0 Å². The van der Waals surface area contributed by atoms with Crippen molar-refractivity contribution in [2.75, 3.05) is 0 Å². The number of aromatic nitrogens is 2. The molecule has 1 amide bonds. The Morgan fingerprint density at radius 3 is 2.90 bits per heavy atom. The fraction of sp³-hybridized carbons (Fsp3) is 0.182. The van der Waals surface area contributed by atoms with Crippen LogP contribution in [0.3, 0.4) is 0 Å². The molecule has 0 aliphatic carbocycles. The summed E-state index contributed by atoms with van der Waals surface area (Å²) in [6.07, 6.45) is 1.12. The van der Waals surface area contributed by atoms with Gasteiger partial charge in [0, 0.05) is 11.1 Å². The molecule has 0 saturated carbocycles. The number of nitro groups is 1. The van der Waals surface area contributed by atoms with Crippen LogP contribution in [0.2, 0.25) is 5.02 Å². The number of carbonyl (C=O) groups is 1. The largest absolute Gasteiger partial charge is 0.343 e. The molecule has 0 bridgehead atoms. The molecule has 1 heterocycles. The Bertz CT molecular complexity index is 644. The predicted molar refractivity (Wildman–Crippen MR) is 68.3 cm³/mol. The van der Waals surface area contributed by atoms with E-state index in [0.29, 0.717) is 0 Å². The SMILES string of the molecule is CC(NC(=O)c1cc(Cl)ccc1[N+](=O)[O-])c1ncon1. The highest BCUT2D eigenvalue weighted by atomic mass is 35.5. The van der Waals surface area contributed by atoms with Crippen LogP contribution >= 0.6 is 11.6 Å². The lowest BCUT2D eigenvalue weighted by molar-refractivity contribution is -0.385. The van der Waals surface area contributed by atoms with Gasteiger partial charge >= 0.3 is 0 Å². The Labute approximate surface area is 117 Å². The van der Waals surface area contributed by atoms with Crippen molar-refractivity contribution in [3.8, 4) is 0 Å². The molecule has 20 heavy (non-hydrogen) atoms. The molecule has 2 aromatic rings. The summed E-state index contributed by atoms with van der Waals surface area (Å²) in [5.41, 5.74) is -0.454. The van der Waals surface area contributed by atoms with Crippen LogP contribution in [0.5, 0.6) is 0 Å². The summed E-state index contributed by atoms with van der Waals surface area (Å²) in [5.74, 6) is -0.375. The number of nitrogens with one attached hydrogen (secondary N) is 1. The summed E-state index contributed by atoms with van der Waals surface area (Å²) in [5, 5.41) is 17.2. The first-order valence-corrected chi connectivity index (χ1v) is 5.88. The molecule has 0 radical (unpaired) electrons. The topological polar surface area (TPSA) is 111 Å². The van der Waals surface area contributed by atoms with E-state index in [0.717, 1.165) is 6.39 Å². The molecule has 2 rings (SSSR count). The maximum Gasteiger partial charge on any atom is 0.282 e. The number of hydrogen-bond acceptors (Lipinski definition) is 6. The molecule has 9 heteroatoms. The Balaban J connectivity index is 2.25. The van der Waals surface area contributed by atoms with Crippen molar-refractivity contribution in [2.24, 2.45) is 0 Å². The summed E-state index contributed by atoms with van der Waals surface area (Å²) >= 11 is 5.76. The summed E-state index contributed by atoms with van der Waals surface area (Å²) in [7, 11) is 0. The molecular weight excluding hydrogens is 288 g/mol. The van der Waals surface area contributed by atoms with Crippen molar-refractivity contribution >= 4 is 23.2 Å². The van der Waals surface area contributed by atoms with Crippen molar-refractivity contribution in [3.63, 3.8) is 0 Å². The molecule has 1 N–H and O–H groups in total. The molecule has 1 unspecified atom stereocenters. The maximum absolute atomic E-state index is 12.1. The monoisotopic (exact) mass is 296 g/mol. The van der Waals surface area contributed by atoms with Gasteiger partial charge in [0.25, 0.3) is 11.6 Å². The number of nitro benzene ring substituents is 1. The van der Waals surface area contributed by atoms with Gasteiger partial charge in [0.15, 0.2) is 5.82 Å². The molecule has 0 saturated heterocycles. The van der Waals surface area contributed by atoms with Crippen LogP contribution in [0.1, 0.15) is 29.1 Å². The average molecular weight is 297 g/mol. The fourth-order valence-corrected chi connectivity index (χ4v) is 1.73. The second kappa shape index (κ2) is 5.66. The summed E-state index contributed by atoms with van der Waals surface area (Å²) in [4.78, 5) is 26.1. The third kappa shape index (κ3) is 2.91. The Kier molecular flexibility index (Phi) is 3.94. The Hall–Kier alpha value is -2.48. The molecule has 1 aromatic carbocycles. The van der Waals surface area contributed by atoms with Gasteiger partial charge in [-0.15, -0.1) is 0 Å². The highest BCUT2D eigenvalue weighted by molar-refractivity contribution is 6.31. The number of nitrogens with zero attached hydrogens (tertiary/aromatic N) is 3. The molecule has 0 fully saturated rings. The minimum atomic E-state index is -0.649. The fourth-order valence-electron chi connectivity index (χ4n) is 1.56. The summed E-state index contributed by atoms with van der Waals surface area (Å²) < 4.78 is 4.56. The lowest BCUT2D eigenvalue weighted by Crippen LogP contribution is -2.28. The number of hydrogen-bond donors (Lipinski definition) is 1. The van der Waals surface area contributed by atoms with Crippen LogP contribution in [0, 0.1) is 10.1 Å². The van der Waals surface area contributed by atoms with Crippen molar-refractivity contribution in [1.29, 1.82) is 0 Å². The van der Waals surface area contributed by atoms with Crippen molar-refractivity contribution < 1.29 is 14.2 Å². The summed E-state index contributed by atoms with van der Waals surface area (Å²) in [6.45, 7) is 1.62. The number of amides is 1. The first-order valence-electron chi connectivity index (χ1n) is 5.50. The minimum absolute atomic E-state index is 0.127. The molecule has 104 valence electrons. The van der Waals surface area contributed by atoms with E-state index >= 15 is 0 Å². The van der Waals surface area contributed by atoms with Crippen LogP contribution in [-0.4, -0.2) is 21.0 Å². The molecule has 8 nitrogen and oxygen atoms in total. The minimum Gasteiger partial charge on any atom is -0.343 e. The molecule has 0 aliphatic heterocycles. The zero-order chi connectivity index (χ0) is 14.7. The molecule has 1 atom stereocenters. The quantitative estimate of drug-likeness (QED) is 0.683. The first kappa shape index (κ1) is 13.9. The van der Waals surface area contributed by atoms with Gasteiger partial charge in [-0.05, 0) is 19.1 Å². The van der Waals surface area contributed by atoms with E-state index in [2.05, 4.69) is 20.0 Å². The smallest absolute Gasteiger partial charge is 0.282 e. The van der Waals surface area contributed by atoms with Crippen LogP contribution in [0.4, 0.5) is 5.69 Å². The lowest BCUT2D eigenvalue weighted by Gasteiger charge is -2.10. The van der Waals surface area contributed by atoms with Gasteiger partial charge in [0.2, 0.25) is 6.39 Å². The molecule has 0 aliphatic rings. The van der Waals surface area contributed by atoms with E-state index in [9.17, 15) is 14.9 Å². The highest BCUT2D eigenvalue weighted by Crippen LogP contribution is 2.23. The van der Waals surface area contributed by atoms with Crippen molar-refractivity contribution in [3.05, 3.63) is 51.1 Å². The van der Waals surface area contributed by atoms with Crippen LogP contribution in [0.15, 0.2) is 29.1 Å². The number of carbonyl (C=O) groups excluding carboxylic acids is 1. The van der Waals surface area contributed by atoms with Crippen LogP contribution < -0.4 is 5.32 Å². The zero-order valence-corrected chi connectivity index (χ0v) is 11.0. The van der Waals surface area contributed by atoms with E-state index in [1.54, 1.807) is 6.92 Å². The number of rotatable bonds is 4. The Morgan fingerprint density at radius 2 is 2.30 bits per heavy atom. The number of benzene rings is 1. The Morgan fingerprint density at radius 1 is 1.55 bits per heavy atom. The van der Waals surface area contributed by atoms with Gasteiger partial charge < -0.3 is 9.84 Å². The van der Waals surface area contributed by atoms with E-state index in [-0.39, 0.29) is 22.1 Å². The lowest BCUT2D eigenvalue weighted by atomic mass is 10.1. The normalized spacial score (nSPS) is 11.9. The van der Waals surface area contributed by atoms with Crippen LogP contribution in [-0.2, 0) is 0 Å². The third-order valence-corrected chi connectivity index (χ3v) is 2.75. The van der Waals surface area contributed by atoms with Crippen LogP contribution in [0.25, 0.3) is 0 Å². The van der Waals surface area contributed by atoms with Gasteiger partial charge in [-0.25, -0.2) is 0 Å². The summed E-state index contributed by atoms with van der Waals surface area (Å²) in [6, 6.07) is 3.20. The van der Waals surface area contributed by atoms with Gasteiger partial charge in [-0.2, -0.15) is 4.98 Å². The van der Waals surface area contributed by atoms with Crippen molar-refractivity contribution in [1.82, 2.24) is 15.5 Å². The second-order valence-corrected chi connectivity index (χ2v) is 4.34. The third-order valence-electron chi connectivity index (χ3n) is 2.51. The van der Waals surface area contributed by atoms with E-state index in [1.807, 2.05) is 0 Å². The molecule has 0 spiro atoms. The molecule has 1 aromatic heterocycles. The van der Waals surface area contributed by atoms with Gasteiger partial charge in [-0.1, -0.05) is 16.8 Å². The molecular formula is C11H9ClN4O4. The number of halogens is 1. The van der Waals surface area contributed by atoms with Gasteiger partial charge in [0.1, 0.15) is 5.56 Å². The predicted octanol–water partition coefficient (Wildman–Crippen LogP) is 2.12. The second-order valence-electron chi connectivity index (χ2n) is 3.90. The highest BCUT2D eigenvalue weighted by Gasteiger charge is 2.23. The standard InChI is InChI=1S/C11H9ClN4O4/c1-6(10-13-5-20-15-10)14-11(17)8-4-7(12)2-3-9(8)16(18)19/h2-6H,1H3,(H,14,17). The zero-order valence-electron chi connectivity index (χ0n) is 10.2. The van der Waals surface area contributed by atoms with E-state index in [1.165, 1.54) is 18.2 Å². The van der Waals surface area contributed by atoms with E-state index in [4.69, 9.17) is 11.6 Å². The van der Waals surface area contributed by atoms with Gasteiger partial charge in [0.05, 0.1) is 11.0 Å². The maximum atomic E-state index is 12.1. The van der Waals surface area contributed by atoms with E-state index < -0.39 is 16.9 Å². The van der Waals surface area contributed by atoms with Gasteiger partial charge in [-0.3, -0.25) is 14.9 Å². The first-order chi connectivity index (χ1) is 9.49.